The third-order valence-electron chi connectivity index (χ3n) is 4.05. The first-order chi connectivity index (χ1) is 11.7. The first kappa shape index (κ1) is 17.6. The highest BCUT2D eigenvalue weighted by Crippen LogP contribution is 2.30. The summed E-state index contributed by atoms with van der Waals surface area (Å²) in [4.78, 5) is 25.1. The van der Waals surface area contributed by atoms with Crippen LogP contribution in [0.1, 0.15) is 16.8 Å². The molecule has 0 aliphatic carbocycles. The van der Waals surface area contributed by atoms with Crippen molar-refractivity contribution in [3.05, 3.63) is 59.1 Å². The Labute approximate surface area is 149 Å². The van der Waals surface area contributed by atoms with Gasteiger partial charge in [-0.05, 0) is 36.4 Å². The van der Waals surface area contributed by atoms with Gasteiger partial charge in [-0.25, -0.2) is 8.42 Å². The molecule has 3 rings (SSSR count). The Morgan fingerprint density at radius 2 is 1.76 bits per heavy atom. The van der Waals surface area contributed by atoms with Gasteiger partial charge in [0, 0.05) is 22.7 Å². The molecule has 1 atom stereocenters. The van der Waals surface area contributed by atoms with E-state index in [1.165, 1.54) is 48.5 Å². The number of ketones is 1. The number of amides is 1. The Morgan fingerprint density at radius 1 is 1.12 bits per heavy atom. The molecular weight excluding hydrogens is 366 g/mol. The number of rotatable bonds is 2. The lowest BCUT2D eigenvalue weighted by molar-refractivity contribution is -0.129. The predicted molar refractivity (Wildman–Crippen MR) is 92.5 cm³/mol. The maximum absolute atomic E-state index is 12.7. The van der Waals surface area contributed by atoms with Gasteiger partial charge in [0.1, 0.15) is 0 Å². The number of hydrogen-bond donors (Lipinski definition) is 2. The highest BCUT2D eigenvalue weighted by atomic mass is 35.5. The second-order valence-electron chi connectivity index (χ2n) is 5.72. The largest absolute Gasteiger partial charge is 0.373 e. The van der Waals surface area contributed by atoms with Crippen LogP contribution < -0.4 is 5.32 Å². The van der Waals surface area contributed by atoms with Crippen molar-refractivity contribution in [1.29, 1.82) is 0 Å². The molecule has 2 aromatic rings. The highest BCUT2D eigenvalue weighted by molar-refractivity contribution is 7.91. The summed E-state index contributed by atoms with van der Waals surface area (Å²) in [7, 11) is -3.77. The molecule has 0 saturated heterocycles. The van der Waals surface area contributed by atoms with Crippen LogP contribution in [0.3, 0.4) is 0 Å². The molecule has 0 fully saturated rings. The molecule has 2 N–H and O–H groups in total. The summed E-state index contributed by atoms with van der Waals surface area (Å²) >= 11 is 5.77. The molecule has 0 radical (unpaired) electrons. The molecule has 1 aliphatic heterocycles. The second-order valence-corrected chi connectivity index (χ2v) is 8.23. The first-order valence-electron chi connectivity index (χ1n) is 7.40. The Balaban J connectivity index is 1.99. The summed E-state index contributed by atoms with van der Waals surface area (Å²) in [5.74, 6) is -2.43. The van der Waals surface area contributed by atoms with E-state index in [2.05, 4.69) is 5.32 Å². The molecule has 0 spiro atoms. The average Bonchev–Trinajstić information content (AvgIpc) is 2.67. The third kappa shape index (κ3) is 3.18. The van der Waals surface area contributed by atoms with Gasteiger partial charge in [0.05, 0.1) is 10.6 Å². The molecule has 130 valence electrons. The average molecular weight is 380 g/mol. The topological polar surface area (TPSA) is 101 Å². The van der Waals surface area contributed by atoms with Gasteiger partial charge in [-0.1, -0.05) is 23.7 Å². The van der Waals surface area contributed by atoms with E-state index in [0.29, 0.717) is 10.7 Å². The summed E-state index contributed by atoms with van der Waals surface area (Å²) in [5.41, 5.74) is -2.33. The molecule has 1 unspecified atom stereocenters. The van der Waals surface area contributed by atoms with Gasteiger partial charge >= 0.3 is 0 Å². The van der Waals surface area contributed by atoms with E-state index in [4.69, 9.17) is 11.6 Å². The van der Waals surface area contributed by atoms with Gasteiger partial charge in [-0.2, -0.15) is 0 Å². The number of halogens is 1. The fourth-order valence-corrected chi connectivity index (χ4v) is 4.33. The molecule has 8 heteroatoms. The number of sulfone groups is 1. The van der Waals surface area contributed by atoms with Gasteiger partial charge in [-0.3, -0.25) is 9.59 Å². The van der Waals surface area contributed by atoms with Crippen molar-refractivity contribution in [2.24, 2.45) is 0 Å². The van der Waals surface area contributed by atoms with Crippen LogP contribution >= 0.6 is 11.6 Å². The molecule has 0 aromatic heterocycles. The maximum Gasteiger partial charge on any atom is 0.264 e. The minimum Gasteiger partial charge on any atom is -0.373 e. The summed E-state index contributed by atoms with van der Waals surface area (Å²) in [6.45, 7) is 0. The lowest BCUT2D eigenvalue weighted by Gasteiger charge is -2.23. The van der Waals surface area contributed by atoms with Crippen molar-refractivity contribution < 1.29 is 23.1 Å². The number of carbonyl (C=O) groups is 2. The van der Waals surface area contributed by atoms with E-state index in [9.17, 15) is 23.1 Å². The predicted octanol–water partition coefficient (Wildman–Crippen LogP) is 2.07. The van der Waals surface area contributed by atoms with E-state index in [1.54, 1.807) is 0 Å². The van der Waals surface area contributed by atoms with Crippen molar-refractivity contribution in [1.82, 2.24) is 0 Å². The lowest BCUT2D eigenvalue weighted by atomic mass is 9.89. The van der Waals surface area contributed by atoms with Gasteiger partial charge < -0.3 is 10.4 Å². The molecule has 6 nitrogen and oxygen atoms in total. The van der Waals surface area contributed by atoms with E-state index in [0.717, 1.165) is 0 Å². The normalized spacial score (nSPS) is 21.9. The minimum atomic E-state index is -3.77. The van der Waals surface area contributed by atoms with Gasteiger partial charge in [-0.15, -0.1) is 0 Å². The molecule has 25 heavy (non-hydrogen) atoms. The molecule has 1 amide bonds. The number of Topliss-reactive ketones (excluding diaryl/α,β-unsaturated/α-hetero) is 1. The van der Waals surface area contributed by atoms with Gasteiger partial charge in [0.25, 0.3) is 5.91 Å². The fourth-order valence-electron chi connectivity index (χ4n) is 2.64. The van der Waals surface area contributed by atoms with Crippen LogP contribution in [0.25, 0.3) is 0 Å². The monoisotopic (exact) mass is 379 g/mol. The minimum absolute atomic E-state index is 0.171. The van der Waals surface area contributed by atoms with Gasteiger partial charge in [0.2, 0.25) is 11.4 Å². The van der Waals surface area contributed by atoms with E-state index >= 15 is 0 Å². The van der Waals surface area contributed by atoms with Crippen LogP contribution in [0, 0.1) is 0 Å². The van der Waals surface area contributed by atoms with Crippen molar-refractivity contribution in [3.63, 3.8) is 0 Å². The molecule has 1 aliphatic rings. The smallest absolute Gasteiger partial charge is 0.264 e. The van der Waals surface area contributed by atoms with Crippen molar-refractivity contribution in [3.8, 4) is 0 Å². The van der Waals surface area contributed by atoms with Crippen molar-refractivity contribution >= 4 is 38.8 Å². The summed E-state index contributed by atoms with van der Waals surface area (Å²) in [6, 6.07) is 11.7. The van der Waals surface area contributed by atoms with Crippen molar-refractivity contribution in [2.45, 2.75) is 16.9 Å². The highest BCUT2D eigenvalue weighted by Gasteiger charge is 2.48. The number of anilines is 1. The molecule has 0 bridgehead atoms. The summed E-state index contributed by atoms with van der Waals surface area (Å²) in [5, 5.41) is 13.6. The zero-order chi connectivity index (χ0) is 18.2. The molecule has 1 heterocycles. The zero-order valence-electron chi connectivity index (χ0n) is 12.9. The van der Waals surface area contributed by atoms with Crippen LogP contribution in [0.4, 0.5) is 5.69 Å². The number of hydrogen-bond acceptors (Lipinski definition) is 5. The van der Waals surface area contributed by atoms with Crippen LogP contribution in [0.2, 0.25) is 5.02 Å². The van der Waals surface area contributed by atoms with Crippen LogP contribution in [0.15, 0.2) is 53.4 Å². The SMILES string of the molecule is O=C(Nc1ccc(Cl)cc1)C1(O)CCS(=O)(=O)c2ccccc2C1=O. The standard InChI is InChI=1S/C17H14ClNO5S/c18-11-5-7-12(8-6-11)19-16(21)17(22)9-10-25(23,24)14-4-2-1-3-13(14)15(17)20/h1-8,22H,9-10H2,(H,19,21). The third-order valence-corrected chi connectivity index (χ3v) is 6.07. The Hall–Kier alpha value is -2.22. The Bertz CT molecular complexity index is 955. The Morgan fingerprint density at radius 3 is 2.44 bits per heavy atom. The Kier molecular flexibility index (Phi) is 4.40. The quantitative estimate of drug-likeness (QED) is 0.778. The number of fused-ring (bicyclic) bond motifs is 1. The summed E-state index contributed by atoms with van der Waals surface area (Å²) < 4.78 is 24.7. The van der Waals surface area contributed by atoms with E-state index in [-0.39, 0.29) is 10.5 Å². The van der Waals surface area contributed by atoms with Crippen LogP contribution in [-0.2, 0) is 14.6 Å². The van der Waals surface area contributed by atoms with E-state index < -0.39 is 39.3 Å². The number of carbonyl (C=O) groups excluding carboxylic acids is 2. The van der Waals surface area contributed by atoms with Gasteiger partial charge in [0.15, 0.2) is 9.84 Å². The maximum atomic E-state index is 12.7. The van der Waals surface area contributed by atoms with Crippen LogP contribution in [0.5, 0.6) is 0 Å². The first-order valence-corrected chi connectivity index (χ1v) is 9.43. The number of benzene rings is 2. The molecular formula is C17H14ClNO5S. The number of nitrogens with one attached hydrogen (secondary N) is 1. The lowest BCUT2D eigenvalue weighted by Crippen LogP contribution is -2.50. The molecule has 2 aromatic carbocycles. The second kappa shape index (κ2) is 6.25. The fraction of sp³-hybridized carbons (Fsp3) is 0.176. The van der Waals surface area contributed by atoms with Crippen LogP contribution in [-0.4, -0.2) is 36.6 Å². The van der Waals surface area contributed by atoms with E-state index in [1.807, 2.05) is 0 Å². The van der Waals surface area contributed by atoms with Crippen molar-refractivity contribution in [2.75, 3.05) is 11.1 Å². The molecule has 0 saturated carbocycles. The zero-order valence-corrected chi connectivity index (χ0v) is 14.5. The number of aliphatic hydroxyl groups is 1. The summed E-state index contributed by atoms with van der Waals surface area (Å²) in [6.07, 6.45) is -0.526.